The van der Waals surface area contributed by atoms with Crippen LogP contribution < -0.4 is 16.4 Å². The van der Waals surface area contributed by atoms with E-state index in [4.69, 9.17) is 5.73 Å². The third kappa shape index (κ3) is 7.50. The van der Waals surface area contributed by atoms with E-state index in [1.165, 1.54) is 10.4 Å². The summed E-state index contributed by atoms with van der Waals surface area (Å²) in [7, 11) is 0. The highest BCUT2D eigenvalue weighted by Crippen LogP contribution is 2.23. The van der Waals surface area contributed by atoms with Crippen molar-refractivity contribution in [1.82, 2.24) is 15.5 Å². The fraction of sp³-hybridized carbons (Fsp3) is 0.625. The quantitative estimate of drug-likeness (QED) is 0.629. The first-order chi connectivity index (χ1) is 11.0. The Hall–Kier alpha value is -0.860. The van der Waals surface area contributed by atoms with Crippen LogP contribution in [0.2, 0.25) is 0 Å². The van der Waals surface area contributed by atoms with Gasteiger partial charge in [0.25, 0.3) is 0 Å². The number of nitrogens with zero attached hydrogens (tertiary/aromatic N) is 1. The van der Waals surface area contributed by atoms with Crippen LogP contribution in [0.1, 0.15) is 24.3 Å². The number of nitrogens with one attached hydrogen (secondary N) is 2. The van der Waals surface area contributed by atoms with Crippen LogP contribution >= 0.6 is 36.2 Å². The van der Waals surface area contributed by atoms with E-state index in [1.54, 1.807) is 0 Å². The van der Waals surface area contributed by atoms with Crippen LogP contribution in [0.4, 0.5) is 0 Å². The molecule has 4 N–H and O–H groups in total. The molecular formula is C16H28Cl2N4O2S. The van der Waals surface area contributed by atoms with Gasteiger partial charge in [0, 0.05) is 31.1 Å². The maximum atomic E-state index is 11.8. The second-order valence-electron chi connectivity index (χ2n) is 6.23. The predicted octanol–water partition coefficient (Wildman–Crippen LogP) is 1.17. The number of fused-ring (bicyclic) bond motifs is 1. The van der Waals surface area contributed by atoms with Crippen molar-refractivity contribution in [3.63, 3.8) is 0 Å². The number of amides is 2. The number of rotatable bonds is 7. The van der Waals surface area contributed by atoms with Gasteiger partial charge >= 0.3 is 0 Å². The fourth-order valence-electron chi connectivity index (χ4n) is 2.50. The highest BCUT2D eigenvalue weighted by molar-refractivity contribution is 7.10. The molecule has 0 saturated heterocycles. The normalized spacial score (nSPS) is 14.7. The maximum absolute atomic E-state index is 11.8. The maximum Gasteiger partial charge on any atom is 0.239 e. The molecule has 0 aliphatic carbocycles. The molecule has 1 aromatic heterocycles. The molecule has 0 aromatic carbocycles. The van der Waals surface area contributed by atoms with E-state index in [0.29, 0.717) is 6.54 Å². The van der Waals surface area contributed by atoms with E-state index in [9.17, 15) is 9.59 Å². The number of nitrogens with two attached hydrogens (primary N) is 1. The highest BCUT2D eigenvalue weighted by Gasteiger charge is 2.18. The van der Waals surface area contributed by atoms with Crippen LogP contribution in [0, 0.1) is 5.92 Å². The van der Waals surface area contributed by atoms with Gasteiger partial charge in [0.15, 0.2) is 0 Å². The first kappa shape index (κ1) is 24.1. The second kappa shape index (κ2) is 11.7. The van der Waals surface area contributed by atoms with Gasteiger partial charge in [-0.1, -0.05) is 13.8 Å². The number of hydrogen-bond acceptors (Lipinski definition) is 5. The summed E-state index contributed by atoms with van der Waals surface area (Å²) in [5, 5.41) is 7.55. The molecule has 2 rings (SSSR count). The van der Waals surface area contributed by atoms with Crippen LogP contribution in [0.5, 0.6) is 0 Å². The van der Waals surface area contributed by atoms with Crippen LogP contribution in [0.3, 0.4) is 0 Å². The lowest BCUT2D eigenvalue weighted by Crippen LogP contribution is -2.47. The highest BCUT2D eigenvalue weighted by atomic mass is 35.5. The largest absolute Gasteiger partial charge is 0.353 e. The molecule has 6 nitrogen and oxygen atoms in total. The smallest absolute Gasteiger partial charge is 0.239 e. The van der Waals surface area contributed by atoms with Crippen molar-refractivity contribution in [3.8, 4) is 0 Å². The summed E-state index contributed by atoms with van der Waals surface area (Å²) in [6.07, 6.45) is 1.09. The minimum atomic E-state index is -0.573. The average Bonchev–Trinajstić information content (AvgIpc) is 2.99. The third-order valence-electron chi connectivity index (χ3n) is 4.08. The topological polar surface area (TPSA) is 87.5 Å². The molecule has 2 heterocycles. The van der Waals surface area contributed by atoms with Gasteiger partial charge in [-0.05, 0) is 29.3 Å². The van der Waals surface area contributed by atoms with E-state index in [-0.39, 0.29) is 49.1 Å². The number of carbonyl (C=O) groups is 2. The van der Waals surface area contributed by atoms with E-state index in [0.717, 1.165) is 26.1 Å². The van der Waals surface area contributed by atoms with Crippen molar-refractivity contribution >= 4 is 48.0 Å². The van der Waals surface area contributed by atoms with Crippen molar-refractivity contribution in [2.75, 3.05) is 26.2 Å². The molecule has 1 aliphatic rings. The van der Waals surface area contributed by atoms with E-state index in [2.05, 4.69) is 27.0 Å². The van der Waals surface area contributed by atoms with Gasteiger partial charge in [0.2, 0.25) is 11.8 Å². The van der Waals surface area contributed by atoms with Gasteiger partial charge in [-0.25, -0.2) is 0 Å². The van der Waals surface area contributed by atoms with Crippen LogP contribution in [0.15, 0.2) is 11.4 Å². The van der Waals surface area contributed by atoms with Crippen LogP contribution in [0.25, 0.3) is 0 Å². The third-order valence-corrected chi connectivity index (χ3v) is 5.10. The summed E-state index contributed by atoms with van der Waals surface area (Å²) in [4.78, 5) is 27.3. The molecule has 0 bridgehead atoms. The van der Waals surface area contributed by atoms with E-state index < -0.39 is 6.04 Å². The summed E-state index contributed by atoms with van der Waals surface area (Å²) in [6.45, 7) is 7.13. The lowest BCUT2D eigenvalue weighted by Gasteiger charge is -2.26. The van der Waals surface area contributed by atoms with Gasteiger partial charge in [-0.15, -0.1) is 36.2 Å². The summed E-state index contributed by atoms with van der Waals surface area (Å²) in [5.74, 6) is -0.405. The van der Waals surface area contributed by atoms with Crippen molar-refractivity contribution < 1.29 is 9.59 Å². The Morgan fingerprint density at radius 2 is 2.04 bits per heavy atom. The molecule has 25 heavy (non-hydrogen) atoms. The second-order valence-corrected chi connectivity index (χ2v) is 7.23. The van der Waals surface area contributed by atoms with Crippen molar-refractivity contribution in [1.29, 1.82) is 0 Å². The molecular weight excluding hydrogens is 383 g/mol. The molecule has 0 unspecified atom stereocenters. The Morgan fingerprint density at radius 3 is 2.72 bits per heavy atom. The van der Waals surface area contributed by atoms with Gasteiger partial charge in [-0.2, -0.15) is 0 Å². The minimum Gasteiger partial charge on any atom is -0.353 e. The van der Waals surface area contributed by atoms with Gasteiger partial charge in [-0.3, -0.25) is 14.5 Å². The zero-order valence-corrected chi connectivity index (χ0v) is 17.1. The molecule has 1 aliphatic heterocycles. The van der Waals surface area contributed by atoms with Crippen LogP contribution in [-0.2, 0) is 22.6 Å². The zero-order chi connectivity index (χ0) is 16.8. The first-order valence-corrected chi connectivity index (χ1v) is 8.93. The summed E-state index contributed by atoms with van der Waals surface area (Å²) < 4.78 is 0. The number of thiophene rings is 1. The Balaban J connectivity index is 0.00000288. The van der Waals surface area contributed by atoms with E-state index >= 15 is 0 Å². The number of carbonyl (C=O) groups excluding carboxylic acids is 2. The lowest BCUT2D eigenvalue weighted by molar-refractivity contribution is -0.127. The Morgan fingerprint density at radius 1 is 1.32 bits per heavy atom. The Labute approximate surface area is 165 Å². The molecule has 0 fully saturated rings. The minimum absolute atomic E-state index is 0. The standard InChI is InChI=1S/C16H26N4O2S.2ClH/c1-11(2)15(17)16(22)19-9-14(21)18-5-7-20-6-3-13-12(10-20)4-8-23-13;;/h4,8,11,15H,3,5-7,9-10,17H2,1-2H3,(H,18,21)(H,19,22);2*1H/t15-;;/m0../s1. The molecule has 0 radical (unpaired) electrons. The Kier molecular flexibility index (Phi) is 11.3. The Bertz CT molecular complexity index is 554. The molecule has 1 atom stereocenters. The number of halogens is 2. The molecule has 0 spiro atoms. The first-order valence-electron chi connectivity index (χ1n) is 8.05. The summed E-state index contributed by atoms with van der Waals surface area (Å²) >= 11 is 1.82. The summed E-state index contributed by atoms with van der Waals surface area (Å²) in [5.41, 5.74) is 7.13. The molecule has 2 amide bonds. The average molecular weight is 411 g/mol. The molecule has 0 saturated carbocycles. The zero-order valence-electron chi connectivity index (χ0n) is 14.6. The van der Waals surface area contributed by atoms with Gasteiger partial charge in [0.05, 0.1) is 12.6 Å². The van der Waals surface area contributed by atoms with Crippen LogP contribution in [-0.4, -0.2) is 48.9 Å². The molecule has 9 heteroatoms. The van der Waals surface area contributed by atoms with Crippen molar-refractivity contribution in [2.24, 2.45) is 11.7 Å². The van der Waals surface area contributed by atoms with Crippen molar-refractivity contribution in [3.05, 3.63) is 21.9 Å². The van der Waals surface area contributed by atoms with E-state index in [1.807, 2.05) is 25.2 Å². The summed E-state index contributed by atoms with van der Waals surface area (Å²) in [6, 6.07) is 1.61. The monoisotopic (exact) mass is 410 g/mol. The lowest BCUT2D eigenvalue weighted by atomic mass is 10.1. The molecule has 1 aromatic rings. The predicted molar refractivity (Wildman–Crippen MR) is 107 cm³/mol. The van der Waals surface area contributed by atoms with Gasteiger partial charge < -0.3 is 16.4 Å². The fourth-order valence-corrected chi connectivity index (χ4v) is 3.39. The number of hydrogen-bond donors (Lipinski definition) is 3. The SMILES string of the molecule is CC(C)[C@H](N)C(=O)NCC(=O)NCCN1CCc2sccc2C1.Cl.Cl. The van der Waals surface area contributed by atoms with Crippen molar-refractivity contribution in [2.45, 2.75) is 32.9 Å². The van der Waals surface area contributed by atoms with Gasteiger partial charge in [0.1, 0.15) is 0 Å². The molecule has 144 valence electrons.